The van der Waals surface area contributed by atoms with Crippen molar-refractivity contribution in [3.8, 4) is 6.07 Å². The quantitative estimate of drug-likeness (QED) is 0.663. The summed E-state index contributed by atoms with van der Waals surface area (Å²) in [7, 11) is -3.87. The van der Waals surface area contributed by atoms with E-state index < -0.39 is 10.0 Å². The maximum Gasteiger partial charge on any atom is 0.264 e. The summed E-state index contributed by atoms with van der Waals surface area (Å²) in [6.07, 6.45) is 0.570. The number of rotatable bonds is 6. The molecule has 0 atom stereocenters. The summed E-state index contributed by atoms with van der Waals surface area (Å²) < 4.78 is 32.6. The van der Waals surface area contributed by atoms with Gasteiger partial charge < -0.3 is 4.52 Å². The summed E-state index contributed by atoms with van der Waals surface area (Å²) in [5.41, 5.74) is 0.876. The lowest BCUT2D eigenvalue weighted by molar-refractivity contribution is 0.377. The van der Waals surface area contributed by atoms with Gasteiger partial charge in [0.2, 0.25) is 5.89 Å². The maximum absolute atomic E-state index is 13.2. The van der Waals surface area contributed by atoms with Gasteiger partial charge in [0.25, 0.3) is 10.0 Å². The van der Waals surface area contributed by atoms with Crippen LogP contribution in [0.5, 0.6) is 0 Å². The van der Waals surface area contributed by atoms with Gasteiger partial charge in [-0.15, -0.1) is 0 Å². The molecule has 0 bridgehead atoms. The number of aromatic nitrogens is 2. The van der Waals surface area contributed by atoms with Crippen molar-refractivity contribution in [2.24, 2.45) is 0 Å². The highest BCUT2D eigenvalue weighted by Gasteiger charge is 2.26. The third-order valence-electron chi connectivity index (χ3n) is 3.71. The molecule has 3 aromatic rings. The summed E-state index contributed by atoms with van der Waals surface area (Å²) >= 11 is 0. The van der Waals surface area contributed by atoms with Gasteiger partial charge in [0.1, 0.15) is 0 Å². The van der Waals surface area contributed by atoms with Gasteiger partial charge in [-0.3, -0.25) is 4.31 Å². The van der Waals surface area contributed by atoms with Crippen LogP contribution in [0.4, 0.5) is 5.69 Å². The van der Waals surface area contributed by atoms with E-state index in [1.807, 2.05) is 13.0 Å². The number of hydrogen-bond acceptors (Lipinski definition) is 6. The Hall–Kier alpha value is -3.18. The first-order chi connectivity index (χ1) is 12.5. The Bertz CT molecular complexity index is 1020. The van der Waals surface area contributed by atoms with Crippen LogP contribution in [0, 0.1) is 11.3 Å². The molecule has 7 nitrogen and oxygen atoms in total. The summed E-state index contributed by atoms with van der Waals surface area (Å²) in [6, 6.07) is 16.5. The maximum atomic E-state index is 13.2. The SMILES string of the molecule is CCc1nc(CN(c2ccccc2)S(=O)(=O)c2ccc(C#N)cc2)no1. The van der Waals surface area contributed by atoms with Gasteiger partial charge in [0.15, 0.2) is 5.82 Å². The van der Waals surface area contributed by atoms with E-state index >= 15 is 0 Å². The van der Waals surface area contributed by atoms with Crippen molar-refractivity contribution < 1.29 is 12.9 Å². The van der Waals surface area contributed by atoms with Crippen LogP contribution in [0.25, 0.3) is 0 Å². The number of sulfonamides is 1. The van der Waals surface area contributed by atoms with Crippen molar-refractivity contribution in [2.75, 3.05) is 4.31 Å². The van der Waals surface area contributed by atoms with Crippen molar-refractivity contribution in [3.63, 3.8) is 0 Å². The Labute approximate surface area is 151 Å². The molecule has 0 saturated heterocycles. The first kappa shape index (κ1) is 17.6. The second kappa shape index (κ2) is 7.37. The largest absolute Gasteiger partial charge is 0.339 e. The Morgan fingerprint density at radius 2 is 1.81 bits per heavy atom. The van der Waals surface area contributed by atoms with Crippen LogP contribution in [-0.2, 0) is 23.0 Å². The van der Waals surface area contributed by atoms with Crippen molar-refractivity contribution in [3.05, 3.63) is 71.9 Å². The number of hydrogen-bond donors (Lipinski definition) is 0. The fourth-order valence-electron chi connectivity index (χ4n) is 2.36. The Morgan fingerprint density at radius 1 is 1.12 bits per heavy atom. The number of para-hydroxylation sites is 1. The van der Waals surface area contributed by atoms with Crippen molar-refractivity contribution in [1.82, 2.24) is 10.1 Å². The molecule has 1 aromatic heterocycles. The molecule has 0 radical (unpaired) electrons. The summed E-state index contributed by atoms with van der Waals surface area (Å²) in [5.74, 6) is 0.728. The molecule has 0 spiro atoms. The molecule has 0 amide bonds. The molecule has 0 aliphatic carbocycles. The van der Waals surface area contributed by atoms with E-state index in [4.69, 9.17) is 9.78 Å². The van der Waals surface area contributed by atoms with Gasteiger partial charge in [-0.1, -0.05) is 30.3 Å². The van der Waals surface area contributed by atoms with E-state index in [1.165, 1.54) is 28.6 Å². The first-order valence-electron chi connectivity index (χ1n) is 7.94. The van der Waals surface area contributed by atoms with E-state index in [0.717, 1.165) is 0 Å². The molecule has 0 unspecified atom stereocenters. The Kier molecular flexibility index (Phi) is 5.00. The minimum absolute atomic E-state index is 0.0597. The third kappa shape index (κ3) is 3.58. The van der Waals surface area contributed by atoms with Crippen LogP contribution in [0.1, 0.15) is 24.2 Å². The van der Waals surface area contributed by atoms with Crippen molar-refractivity contribution in [1.29, 1.82) is 5.26 Å². The predicted octanol–water partition coefficient (Wildman–Crippen LogP) is 2.90. The number of nitriles is 1. The molecule has 0 N–H and O–H groups in total. The summed E-state index contributed by atoms with van der Waals surface area (Å²) in [5, 5.41) is 12.8. The molecular formula is C18H16N4O3S. The average molecular weight is 368 g/mol. The minimum atomic E-state index is -3.87. The molecule has 8 heteroatoms. The molecular weight excluding hydrogens is 352 g/mol. The second-order valence-electron chi connectivity index (χ2n) is 5.44. The molecule has 0 fully saturated rings. The molecule has 0 saturated carbocycles. The van der Waals surface area contributed by atoms with E-state index in [1.54, 1.807) is 30.3 Å². The van der Waals surface area contributed by atoms with Crippen LogP contribution in [0.3, 0.4) is 0 Å². The third-order valence-corrected chi connectivity index (χ3v) is 5.50. The lowest BCUT2D eigenvalue weighted by Gasteiger charge is -2.23. The van der Waals surface area contributed by atoms with Gasteiger partial charge in [-0.25, -0.2) is 8.42 Å². The number of nitrogens with zero attached hydrogens (tertiary/aromatic N) is 4. The van der Waals surface area contributed by atoms with Gasteiger partial charge >= 0.3 is 0 Å². The van der Waals surface area contributed by atoms with Crippen LogP contribution in [-0.4, -0.2) is 18.6 Å². The van der Waals surface area contributed by atoms with E-state index in [-0.39, 0.29) is 17.3 Å². The second-order valence-corrected chi connectivity index (χ2v) is 7.30. The van der Waals surface area contributed by atoms with Crippen LogP contribution < -0.4 is 4.31 Å². The topological polar surface area (TPSA) is 100 Å². The number of benzene rings is 2. The molecule has 3 rings (SSSR count). The lowest BCUT2D eigenvalue weighted by Crippen LogP contribution is -2.31. The zero-order valence-electron chi connectivity index (χ0n) is 14.0. The molecule has 26 heavy (non-hydrogen) atoms. The van der Waals surface area contributed by atoms with Crippen molar-refractivity contribution >= 4 is 15.7 Å². The zero-order chi connectivity index (χ0) is 18.6. The highest BCUT2D eigenvalue weighted by atomic mass is 32.2. The fourth-order valence-corrected chi connectivity index (χ4v) is 3.78. The zero-order valence-corrected chi connectivity index (χ0v) is 14.8. The minimum Gasteiger partial charge on any atom is -0.339 e. The highest BCUT2D eigenvalue weighted by molar-refractivity contribution is 7.92. The normalized spacial score (nSPS) is 11.1. The molecule has 2 aromatic carbocycles. The highest BCUT2D eigenvalue weighted by Crippen LogP contribution is 2.25. The number of anilines is 1. The summed E-state index contributed by atoms with van der Waals surface area (Å²) in [6.45, 7) is 1.82. The fraction of sp³-hybridized carbons (Fsp3) is 0.167. The van der Waals surface area contributed by atoms with Crippen LogP contribution in [0.15, 0.2) is 64.0 Å². The molecule has 132 valence electrons. The van der Waals surface area contributed by atoms with Gasteiger partial charge in [0.05, 0.1) is 28.8 Å². The molecule has 0 aliphatic rings. The van der Waals surface area contributed by atoms with Crippen LogP contribution in [0.2, 0.25) is 0 Å². The van der Waals surface area contributed by atoms with Gasteiger partial charge in [-0.05, 0) is 36.4 Å². The lowest BCUT2D eigenvalue weighted by atomic mass is 10.2. The summed E-state index contributed by atoms with van der Waals surface area (Å²) in [4.78, 5) is 4.28. The predicted molar refractivity (Wildman–Crippen MR) is 94.6 cm³/mol. The molecule has 0 aliphatic heterocycles. The average Bonchev–Trinajstić information content (AvgIpc) is 3.14. The first-order valence-corrected chi connectivity index (χ1v) is 9.38. The van der Waals surface area contributed by atoms with Gasteiger partial charge in [0, 0.05) is 6.42 Å². The van der Waals surface area contributed by atoms with Crippen molar-refractivity contribution in [2.45, 2.75) is 24.8 Å². The Morgan fingerprint density at radius 3 is 2.38 bits per heavy atom. The molecule has 1 heterocycles. The van der Waals surface area contributed by atoms with Crippen LogP contribution >= 0.6 is 0 Å². The van der Waals surface area contributed by atoms with E-state index in [9.17, 15) is 8.42 Å². The Balaban J connectivity index is 2.02. The smallest absolute Gasteiger partial charge is 0.264 e. The standard InChI is InChI=1S/C18H16N4O3S/c1-2-18-20-17(21-25-18)13-22(15-6-4-3-5-7-15)26(23,24)16-10-8-14(12-19)9-11-16/h3-11H,2,13H2,1H3. The monoisotopic (exact) mass is 368 g/mol. The van der Waals surface area contributed by atoms with E-state index in [0.29, 0.717) is 23.6 Å². The van der Waals surface area contributed by atoms with E-state index in [2.05, 4.69) is 10.1 Å². The number of aryl methyl sites for hydroxylation is 1. The van der Waals surface area contributed by atoms with Gasteiger partial charge in [-0.2, -0.15) is 10.2 Å².